The zero-order valence-corrected chi connectivity index (χ0v) is 31.6. The third kappa shape index (κ3) is 6.40. The van der Waals surface area contributed by atoms with Crippen LogP contribution in [0.3, 0.4) is 0 Å². The highest BCUT2D eigenvalue weighted by Crippen LogP contribution is 2.60. The Morgan fingerprint density at radius 2 is 1.58 bits per heavy atom. The Hall–Kier alpha value is -5.67. The van der Waals surface area contributed by atoms with Crippen molar-refractivity contribution >= 4 is 33.4 Å². The second-order valence-corrected chi connectivity index (χ2v) is 16.3. The molecular formula is C52H49N3. The summed E-state index contributed by atoms with van der Waals surface area (Å²) in [6.45, 7) is 3.12. The molecular weight excluding hydrogens is 667 g/mol. The number of benzene rings is 3. The minimum Gasteiger partial charge on any atom is -0.363 e. The van der Waals surface area contributed by atoms with Crippen LogP contribution in [-0.2, 0) is 0 Å². The molecule has 3 nitrogen and oxygen atoms in total. The summed E-state index contributed by atoms with van der Waals surface area (Å²) in [6.07, 6.45) is 48.2. The Balaban J connectivity index is 1.00. The maximum atomic E-state index is 5.71. The van der Waals surface area contributed by atoms with Gasteiger partial charge in [-0.2, -0.15) is 0 Å². The van der Waals surface area contributed by atoms with E-state index in [9.17, 15) is 0 Å². The average molecular weight is 716 g/mol. The summed E-state index contributed by atoms with van der Waals surface area (Å²) in [7, 11) is 0. The highest BCUT2D eigenvalue weighted by molar-refractivity contribution is 5.96. The highest BCUT2D eigenvalue weighted by Gasteiger charge is 2.57. The maximum Gasteiger partial charge on any atom is 0.142 e. The lowest BCUT2D eigenvalue weighted by Crippen LogP contribution is -2.42. The van der Waals surface area contributed by atoms with Gasteiger partial charge in [0.1, 0.15) is 12.0 Å². The van der Waals surface area contributed by atoms with Crippen LogP contribution in [0.15, 0.2) is 187 Å². The number of hydrogen-bond acceptors (Lipinski definition) is 3. The second kappa shape index (κ2) is 14.2. The molecule has 0 spiro atoms. The van der Waals surface area contributed by atoms with E-state index in [0.29, 0.717) is 17.8 Å². The van der Waals surface area contributed by atoms with Crippen LogP contribution in [0, 0.1) is 23.2 Å². The zero-order valence-electron chi connectivity index (χ0n) is 31.6. The molecule has 1 fully saturated rings. The first-order valence-electron chi connectivity index (χ1n) is 20.4. The quantitative estimate of drug-likeness (QED) is 0.266. The Labute approximate surface area is 326 Å². The van der Waals surface area contributed by atoms with Crippen molar-refractivity contribution in [3.05, 3.63) is 198 Å². The van der Waals surface area contributed by atoms with Gasteiger partial charge < -0.3 is 10.2 Å². The predicted molar refractivity (Wildman–Crippen MR) is 233 cm³/mol. The van der Waals surface area contributed by atoms with Gasteiger partial charge in [-0.25, -0.2) is 4.99 Å². The van der Waals surface area contributed by atoms with Gasteiger partial charge in [-0.3, -0.25) is 0 Å². The van der Waals surface area contributed by atoms with Crippen molar-refractivity contribution < 1.29 is 0 Å². The molecule has 1 saturated carbocycles. The van der Waals surface area contributed by atoms with Gasteiger partial charge in [0.25, 0.3) is 0 Å². The predicted octanol–water partition coefficient (Wildman–Crippen LogP) is 11.8. The van der Waals surface area contributed by atoms with Gasteiger partial charge >= 0.3 is 0 Å². The molecule has 2 aliphatic heterocycles. The topological polar surface area (TPSA) is 27.6 Å². The number of amidine groups is 1. The Morgan fingerprint density at radius 1 is 0.745 bits per heavy atom. The van der Waals surface area contributed by atoms with E-state index in [1.54, 1.807) is 0 Å². The van der Waals surface area contributed by atoms with Crippen LogP contribution < -0.4 is 10.2 Å². The number of nitrogens with zero attached hydrogens (tertiary/aromatic N) is 2. The number of rotatable bonds is 5. The van der Waals surface area contributed by atoms with E-state index in [-0.39, 0.29) is 23.5 Å². The largest absolute Gasteiger partial charge is 0.363 e. The molecule has 0 saturated heterocycles. The summed E-state index contributed by atoms with van der Waals surface area (Å²) in [5, 5.41) is 6.61. The molecule has 3 aromatic rings. The van der Waals surface area contributed by atoms with E-state index in [0.717, 1.165) is 25.8 Å². The third-order valence-electron chi connectivity index (χ3n) is 12.9. The number of allylic oxidation sites excluding steroid dienone is 18. The van der Waals surface area contributed by atoms with E-state index in [1.807, 2.05) is 0 Å². The summed E-state index contributed by atoms with van der Waals surface area (Å²) in [5.41, 5.74) is 9.29. The second-order valence-electron chi connectivity index (χ2n) is 16.3. The Bertz CT molecular complexity index is 2390. The van der Waals surface area contributed by atoms with Crippen molar-refractivity contribution in [1.29, 1.82) is 0 Å². The lowest BCUT2D eigenvalue weighted by Gasteiger charge is -2.33. The molecule has 272 valence electrons. The lowest BCUT2D eigenvalue weighted by molar-refractivity contribution is 0.549. The van der Waals surface area contributed by atoms with Crippen LogP contribution in [0.25, 0.3) is 21.9 Å². The zero-order chi connectivity index (χ0) is 36.8. The molecule has 5 aliphatic carbocycles. The van der Waals surface area contributed by atoms with Crippen LogP contribution >= 0.6 is 0 Å². The molecule has 6 unspecified atom stereocenters. The van der Waals surface area contributed by atoms with E-state index >= 15 is 0 Å². The minimum atomic E-state index is -0.123. The molecule has 2 heterocycles. The first-order chi connectivity index (χ1) is 27.1. The summed E-state index contributed by atoms with van der Waals surface area (Å²) in [6, 6.07) is 22.7. The van der Waals surface area contributed by atoms with Gasteiger partial charge in [-0.1, -0.05) is 165 Å². The molecule has 3 heteroatoms. The molecule has 0 amide bonds. The average Bonchev–Trinajstić information content (AvgIpc) is 4.05. The fourth-order valence-corrected chi connectivity index (χ4v) is 9.71. The fraction of sp³-hybridized carbons (Fsp3) is 0.250. The first-order valence-corrected chi connectivity index (χ1v) is 20.4. The molecule has 1 N–H and O–H groups in total. The molecule has 3 aromatic carbocycles. The Kier molecular flexibility index (Phi) is 8.74. The summed E-state index contributed by atoms with van der Waals surface area (Å²) in [5.74, 6) is 2.75. The Morgan fingerprint density at radius 3 is 2.44 bits per heavy atom. The summed E-state index contributed by atoms with van der Waals surface area (Å²) < 4.78 is 0. The van der Waals surface area contributed by atoms with Crippen molar-refractivity contribution in [2.75, 3.05) is 11.4 Å². The number of nitrogens with one attached hydrogen (secondary N) is 1. The summed E-state index contributed by atoms with van der Waals surface area (Å²) >= 11 is 0. The maximum absolute atomic E-state index is 5.71. The third-order valence-corrected chi connectivity index (χ3v) is 12.9. The molecule has 0 bridgehead atoms. The number of fused-ring (bicyclic) bond motifs is 5. The fourth-order valence-electron chi connectivity index (χ4n) is 9.71. The SMILES string of the molecule is CC1/C=C\C=C/CN(C2C=CC(C3=CC=CC=CC3)NC(C34CCC=CC3C4)=N2)c2ccc3cc(C4=C[C@@H]5C=CC(c6ccccc6)=CC5C=C4)ccc3c21. The van der Waals surface area contributed by atoms with E-state index in [4.69, 9.17) is 4.99 Å². The normalized spacial score (nSPS) is 31.5. The van der Waals surface area contributed by atoms with Crippen LogP contribution in [0.2, 0.25) is 0 Å². The highest BCUT2D eigenvalue weighted by atomic mass is 15.3. The smallest absolute Gasteiger partial charge is 0.142 e. The van der Waals surface area contributed by atoms with Crippen molar-refractivity contribution in [2.24, 2.45) is 28.2 Å². The number of aliphatic imine (C=N–C) groups is 1. The number of hydrogen-bond donors (Lipinski definition) is 1. The lowest BCUT2D eigenvalue weighted by atomic mass is 9.79. The van der Waals surface area contributed by atoms with Gasteiger partial charge in [0.15, 0.2) is 0 Å². The molecule has 7 atom stereocenters. The monoisotopic (exact) mass is 715 g/mol. The van der Waals surface area contributed by atoms with Gasteiger partial charge in [0.05, 0.1) is 6.04 Å². The van der Waals surface area contributed by atoms with E-state index in [1.165, 1.54) is 62.1 Å². The van der Waals surface area contributed by atoms with E-state index in [2.05, 4.69) is 193 Å². The van der Waals surface area contributed by atoms with E-state index < -0.39 is 0 Å². The van der Waals surface area contributed by atoms with Crippen LogP contribution in [0.1, 0.15) is 55.2 Å². The standard InChI is InChI=1S/C52H49N3/c1-36-14-6-5-13-31-55(49-29-27-47(38-17-7-2-3-8-18-38)53-51(54-49)52-30-12-11-19-45(52)35-52)48-28-25-44-34-43(24-26-46(44)50(36)48)42-23-22-40-32-39(20-21-41(40)33-42)37-15-9-4-10-16-37/h2-11,13-17,19-29,32-34,36,40-41,45,47,49H,12,18,30-31,35H2,1H3,(H,53,54)/b13-5-,14-6-/t36?,40?,41-,45?,47?,49?,52?/m0/s1. The number of anilines is 1. The molecule has 7 aliphatic rings. The van der Waals surface area contributed by atoms with Crippen LogP contribution in [-0.4, -0.2) is 24.6 Å². The molecule has 0 radical (unpaired) electrons. The van der Waals surface area contributed by atoms with Crippen molar-refractivity contribution in [3.8, 4) is 0 Å². The van der Waals surface area contributed by atoms with Crippen LogP contribution in [0.5, 0.6) is 0 Å². The van der Waals surface area contributed by atoms with Gasteiger partial charge in [-0.15, -0.1) is 0 Å². The van der Waals surface area contributed by atoms with Gasteiger partial charge in [0.2, 0.25) is 0 Å². The molecule has 55 heavy (non-hydrogen) atoms. The van der Waals surface area contributed by atoms with Gasteiger partial charge in [0, 0.05) is 35.4 Å². The minimum absolute atomic E-state index is 0.116. The summed E-state index contributed by atoms with van der Waals surface area (Å²) in [4.78, 5) is 8.25. The van der Waals surface area contributed by atoms with Crippen molar-refractivity contribution in [2.45, 2.75) is 50.7 Å². The first kappa shape index (κ1) is 33.9. The molecule has 0 aromatic heterocycles. The molecule has 10 rings (SSSR count). The van der Waals surface area contributed by atoms with Crippen molar-refractivity contribution in [1.82, 2.24) is 5.32 Å². The van der Waals surface area contributed by atoms with Crippen LogP contribution in [0.4, 0.5) is 5.69 Å². The van der Waals surface area contributed by atoms with Crippen molar-refractivity contribution in [3.63, 3.8) is 0 Å². The van der Waals surface area contributed by atoms with Gasteiger partial charge in [-0.05, 0) is 94.0 Å².